The lowest BCUT2D eigenvalue weighted by Gasteiger charge is -2.36. The van der Waals surface area contributed by atoms with Crippen LogP contribution in [0.2, 0.25) is 0 Å². The lowest BCUT2D eigenvalue weighted by atomic mass is 10.1. The SMILES string of the molecule is CNS(=O)(=O)c1cc(C(=O)N2CCN(c3cccc(C(F)(F)F)c3)CC2)ccc1OC. The average Bonchev–Trinajstić information content (AvgIpc) is 2.77. The van der Waals surface area contributed by atoms with Crippen LogP contribution in [0.5, 0.6) is 5.75 Å². The second kappa shape index (κ2) is 8.75. The number of carbonyl (C=O) groups is 1. The molecule has 0 spiro atoms. The summed E-state index contributed by atoms with van der Waals surface area (Å²) in [5.74, 6) is -0.251. The van der Waals surface area contributed by atoms with Crippen LogP contribution in [-0.2, 0) is 16.2 Å². The van der Waals surface area contributed by atoms with E-state index in [0.717, 1.165) is 12.1 Å². The van der Waals surface area contributed by atoms with E-state index in [1.54, 1.807) is 15.9 Å². The van der Waals surface area contributed by atoms with E-state index in [1.807, 2.05) is 0 Å². The Hall–Kier alpha value is -2.79. The highest BCUT2D eigenvalue weighted by Gasteiger charge is 2.31. The number of nitrogens with one attached hydrogen (secondary N) is 1. The number of sulfonamides is 1. The molecule has 1 amide bonds. The van der Waals surface area contributed by atoms with Gasteiger partial charge in [-0.1, -0.05) is 6.07 Å². The number of benzene rings is 2. The van der Waals surface area contributed by atoms with Crippen LogP contribution in [0.3, 0.4) is 0 Å². The van der Waals surface area contributed by atoms with E-state index in [1.165, 1.54) is 38.4 Å². The highest BCUT2D eigenvalue weighted by molar-refractivity contribution is 7.89. The van der Waals surface area contributed by atoms with Crippen LogP contribution < -0.4 is 14.4 Å². The number of alkyl halides is 3. The van der Waals surface area contributed by atoms with Gasteiger partial charge in [-0.3, -0.25) is 4.79 Å². The lowest BCUT2D eigenvalue weighted by molar-refractivity contribution is -0.137. The van der Waals surface area contributed by atoms with Gasteiger partial charge in [-0.15, -0.1) is 0 Å². The highest BCUT2D eigenvalue weighted by atomic mass is 32.2. The van der Waals surface area contributed by atoms with Crippen LogP contribution in [0, 0.1) is 0 Å². The predicted octanol–water partition coefficient (Wildman–Crippen LogP) is 2.58. The predicted molar refractivity (Wildman–Crippen MR) is 109 cm³/mol. The average molecular weight is 457 g/mol. The second-order valence-electron chi connectivity index (χ2n) is 6.90. The summed E-state index contributed by atoms with van der Waals surface area (Å²) < 4.78 is 70.6. The molecule has 0 aromatic heterocycles. The van der Waals surface area contributed by atoms with Crippen molar-refractivity contribution >= 4 is 21.6 Å². The van der Waals surface area contributed by atoms with Gasteiger partial charge < -0.3 is 14.5 Å². The Morgan fingerprint density at radius 3 is 2.32 bits per heavy atom. The summed E-state index contributed by atoms with van der Waals surface area (Å²) in [6.07, 6.45) is -4.42. The molecule has 11 heteroatoms. The summed E-state index contributed by atoms with van der Waals surface area (Å²) in [6.45, 7) is 1.28. The van der Waals surface area contributed by atoms with Crippen LogP contribution in [0.1, 0.15) is 15.9 Å². The van der Waals surface area contributed by atoms with Crippen LogP contribution in [-0.4, -0.2) is 59.6 Å². The van der Waals surface area contributed by atoms with Crippen LogP contribution in [0.25, 0.3) is 0 Å². The molecule has 31 heavy (non-hydrogen) atoms. The van der Waals surface area contributed by atoms with Gasteiger partial charge >= 0.3 is 6.18 Å². The van der Waals surface area contributed by atoms with E-state index < -0.39 is 21.8 Å². The molecular formula is C20H22F3N3O4S. The summed E-state index contributed by atoms with van der Waals surface area (Å²) in [5, 5.41) is 0. The second-order valence-corrected chi connectivity index (χ2v) is 8.76. The first-order chi connectivity index (χ1) is 14.6. The smallest absolute Gasteiger partial charge is 0.416 e. The van der Waals surface area contributed by atoms with Crippen molar-refractivity contribution in [1.29, 1.82) is 0 Å². The fourth-order valence-corrected chi connectivity index (χ4v) is 4.28. The third kappa shape index (κ3) is 4.93. The van der Waals surface area contributed by atoms with Gasteiger partial charge in [-0.25, -0.2) is 13.1 Å². The third-order valence-corrected chi connectivity index (χ3v) is 6.51. The Labute approximate surface area is 178 Å². The number of amides is 1. The number of ether oxygens (including phenoxy) is 1. The van der Waals surface area contributed by atoms with Crippen LogP contribution in [0.15, 0.2) is 47.4 Å². The molecule has 1 N–H and O–H groups in total. The maximum absolute atomic E-state index is 13.0. The first-order valence-electron chi connectivity index (χ1n) is 9.40. The van der Waals surface area contributed by atoms with Gasteiger partial charge in [0.05, 0.1) is 12.7 Å². The number of halogens is 3. The Bertz CT molecular complexity index is 1070. The number of piperazine rings is 1. The number of anilines is 1. The molecule has 1 aliphatic rings. The molecule has 0 radical (unpaired) electrons. The first kappa shape index (κ1) is 22.9. The zero-order chi connectivity index (χ0) is 22.8. The number of hydrogen-bond donors (Lipinski definition) is 1. The molecule has 2 aromatic carbocycles. The van der Waals surface area contributed by atoms with Crippen molar-refractivity contribution in [3.8, 4) is 5.75 Å². The zero-order valence-corrected chi connectivity index (χ0v) is 17.8. The lowest BCUT2D eigenvalue weighted by Crippen LogP contribution is -2.48. The molecule has 3 rings (SSSR count). The van der Waals surface area contributed by atoms with Gasteiger partial charge in [0.15, 0.2) is 0 Å². The maximum Gasteiger partial charge on any atom is 0.416 e. The van der Waals surface area contributed by atoms with Crippen LogP contribution >= 0.6 is 0 Å². The molecule has 1 aliphatic heterocycles. The minimum Gasteiger partial charge on any atom is -0.495 e. The molecule has 0 atom stereocenters. The number of carbonyl (C=O) groups excluding carboxylic acids is 1. The standard InChI is InChI=1S/C20H22F3N3O4S/c1-24-31(28,29)18-12-14(6-7-17(18)30-2)19(27)26-10-8-25(9-11-26)16-5-3-4-15(13-16)20(21,22)23/h3-7,12-13,24H,8-11H2,1-2H3. The van der Waals surface area contributed by atoms with Crippen molar-refractivity contribution in [2.24, 2.45) is 0 Å². The topological polar surface area (TPSA) is 79.0 Å². The minimum absolute atomic E-state index is 0.111. The molecule has 7 nitrogen and oxygen atoms in total. The van der Waals surface area contributed by atoms with Crippen molar-refractivity contribution in [3.63, 3.8) is 0 Å². The van der Waals surface area contributed by atoms with E-state index >= 15 is 0 Å². The van der Waals surface area contributed by atoms with E-state index in [-0.39, 0.29) is 35.2 Å². The summed E-state index contributed by atoms with van der Waals surface area (Å²) in [5.41, 5.74) is -0.101. The number of rotatable bonds is 5. The molecule has 0 bridgehead atoms. The van der Waals surface area contributed by atoms with Gasteiger partial charge in [0.25, 0.3) is 5.91 Å². The zero-order valence-electron chi connectivity index (χ0n) is 16.9. The quantitative estimate of drug-likeness (QED) is 0.747. The monoisotopic (exact) mass is 457 g/mol. The van der Waals surface area contributed by atoms with Crippen molar-refractivity contribution in [2.75, 3.05) is 45.2 Å². The van der Waals surface area contributed by atoms with Crippen molar-refractivity contribution in [3.05, 3.63) is 53.6 Å². The molecule has 1 heterocycles. The van der Waals surface area contributed by atoms with Gasteiger partial charge in [0, 0.05) is 37.4 Å². The Morgan fingerprint density at radius 1 is 1.06 bits per heavy atom. The van der Waals surface area contributed by atoms with E-state index in [0.29, 0.717) is 18.8 Å². The van der Waals surface area contributed by atoms with E-state index in [9.17, 15) is 26.4 Å². The summed E-state index contributed by atoms with van der Waals surface area (Å²) in [6, 6.07) is 9.22. The molecule has 0 saturated carbocycles. The van der Waals surface area contributed by atoms with Gasteiger partial charge in [-0.2, -0.15) is 13.2 Å². The molecular weight excluding hydrogens is 435 g/mol. The van der Waals surface area contributed by atoms with Gasteiger partial charge in [-0.05, 0) is 43.4 Å². The molecule has 0 unspecified atom stereocenters. The largest absolute Gasteiger partial charge is 0.495 e. The molecule has 1 saturated heterocycles. The summed E-state index contributed by atoms with van der Waals surface area (Å²) in [7, 11) is -1.24. The number of nitrogens with zero attached hydrogens (tertiary/aromatic N) is 2. The maximum atomic E-state index is 13.0. The summed E-state index contributed by atoms with van der Waals surface area (Å²) in [4.78, 5) is 16.1. The molecule has 2 aromatic rings. The molecule has 0 aliphatic carbocycles. The van der Waals surface area contributed by atoms with Crippen LogP contribution in [0.4, 0.5) is 18.9 Å². The summed E-state index contributed by atoms with van der Waals surface area (Å²) >= 11 is 0. The van der Waals surface area contributed by atoms with E-state index in [4.69, 9.17) is 4.74 Å². The Balaban J connectivity index is 1.75. The minimum atomic E-state index is -4.42. The first-order valence-corrected chi connectivity index (χ1v) is 10.9. The highest BCUT2D eigenvalue weighted by Crippen LogP contribution is 2.32. The Kier molecular flexibility index (Phi) is 6.46. The van der Waals surface area contributed by atoms with Gasteiger partial charge in [0.2, 0.25) is 10.0 Å². The fourth-order valence-electron chi connectivity index (χ4n) is 3.36. The normalized spacial score (nSPS) is 15.1. The van der Waals surface area contributed by atoms with E-state index in [2.05, 4.69) is 4.72 Å². The molecule has 1 fully saturated rings. The third-order valence-electron chi connectivity index (χ3n) is 5.07. The number of hydrogen-bond acceptors (Lipinski definition) is 5. The molecule has 168 valence electrons. The van der Waals surface area contributed by atoms with Crippen molar-refractivity contribution in [1.82, 2.24) is 9.62 Å². The Morgan fingerprint density at radius 2 is 1.74 bits per heavy atom. The number of methoxy groups -OCH3 is 1. The fraction of sp³-hybridized carbons (Fsp3) is 0.350. The van der Waals surface area contributed by atoms with Crippen molar-refractivity contribution < 1.29 is 31.1 Å². The van der Waals surface area contributed by atoms with Crippen molar-refractivity contribution in [2.45, 2.75) is 11.1 Å². The van der Waals surface area contributed by atoms with Gasteiger partial charge in [0.1, 0.15) is 10.6 Å².